The minimum absolute atomic E-state index is 0.190. The Labute approximate surface area is 113 Å². The Kier molecular flexibility index (Phi) is 2.72. The number of hydrogen-bond acceptors (Lipinski definition) is 4. The monoisotopic (exact) mass is 272 g/mol. The van der Waals surface area contributed by atoms with Gasteiger partial charge in [-0.25, -0.2) is 0 Å². The quantitative estimate of drug-likeness (QED) is 0.752. The van der Waals surface area contributed by atoms with E-state index < -0.39 is 0 Å². The number of para-hydroxylation sites is 1. The van der Waals surface area contributed by atoms with Gasteiger partial charge in [-0.1, -0.05) is 18.2 Å². The van der Waals surface area contributed by atoms with Crippen molar-refractivity contribution in [1.29, 1.82) is 0 Å². The van der Waals surface area contributed by atoms with E-state index in [0.717, 1.165) is 15.9 Å². The van der Waals surface area contributed by atoms with Crippen molar-refractivity contribution >= 4 is 38.8 Å². The normalized spacial score (nSPS) is 10.8. The fraction of sp³-hybridized carbons (Fsp3) is 0.0769. The van der Waals surface area contributed by atoms with Crippen molar-refractivity contribution in [3.63, 3.8) is 0 Å². The number of fused-ring (bicyclic) bond motifs is 1. The lowest BCUT2D eigenvalue weighted by Crippen LogP contribution is -2.11. The zero-order valence-corrected chi connectivity index (χ0v) is 11.1. The molecule has 1 amide bonds. The number of thiophene rings is 1. The molecule has 0 atom stereocenters. The lowest BCUT2D eigenvalue weighted by molar-refractivity contribution is 0.103. The molecular weight excluding hydrogens is 260 g/mol. The lowest BCUT2D eigenvalue weighted by Gasteiger charge is -2.03. The lowest BCUT2D eigenvalue weighted by atomic mass is 10.3. The van der Waals surface area contributed by atoms with Gasteiger partial charge in [0.2, 0.25) is 0 Å². The third-order valence-electron chi connectivity index (χ3n) is 2.86. The highest BCUT2D eigenvalue weighted by atomic mass is 32.1. The molecule has 0 aliphatic carbocycles. The van der Waals surface area contributed by atoms with Crippen molar-refractivity contribution in [2.24, 2.45) is 7.05 Å². The Morgan fingerprint density at radius 2 is 2.11 bits per heavy atom. The Morgan fingerprint density at radius 3 is 2.79 bits per heavy atom. The molecule has 3 aromatic rings. The number of benzene rings is 1. The van der Waals surface area contributed by atoms with Crippen molar-refractivity contribution in [3.8, 4) is 0 Å². The number of aryl methyl sites for hydroxylation is 1. The molecule has 1 aromatic carbocycles. The van der Waals surface area contributed by atoms with Crippen molar-refractivity contribution in [3.05, 3.63) is 41.4 Å². The summed E-state index contributed by atoms with van der Waals surface area (Å²) in [5.41, 5.74) is 7.24. The van der Waals surface area contributed by atoms with Crippen LogP contribution in [0.1, 0.15) is 9.67 Å². The van der Waals surface area contributed by atoms with Crippen LogP contribution < -0.4 is 11.1 Å². The minimum atomic E-state index is -0.190. The van der Waals surface area contributed by atoms with E-state index in [1.165, 1.54) is 11.3 Å². The third kappa shape index (κ3) is 1.96. The van der Waals surface area contributed by atoms with Crippen molar-refractivity contribution in [2.75, 3.05) is 11.1 Å². The topological polar surface area (TPSA) is 72.9 Å². The standard InChI is InChI=1S/C13H12N4OS/c1-17-13-9(7-15-17)10(14)11(19-13)12(18)16-8-5-3-2-4-6-8/h2-7H,14H2,1H3,(H,16,18). The molecule has 5 nitrogen and oxygen atoms in total. The fourth-order valence-corrected chi connectivity index (χ4v) is 2.89. The number of aromatic nitrogens is 2. The van der Waals surface area contributed by atoms with Crippen LogP contribution in [0.25, 0.3) is 10.2 Å². The third-order valence-corrected chi connectivity index (χ3v) is 4.14. The average Bonchev–Trinajstić information content (AvgIpc) is 2.93. The molecule has 0 aliphatic rings. The van der Waals surface area contributed by atoms with E-state index in [1.807, 2.05) is 37.4 Å². The Morgan fingerprint density at radius 1 is 1.37 bits per heavy atom. The number of hydrogen-bond donors (Lipinski definition) is 2. The molecule has 96 valence electrons. The second kappa shape index (κ2) is 4.40. The summed E-state index contributed by atoms with van der Waals surface area (Å²) in [6.45, 7) is 0. The zero-order chi connectivity index (χ0) is 13.4. The molecule has 19 heavy (non-hydrogen) atoms. The number of carbonyl (C=O) groups is 1. The summed E-state index contributed by atoms with van der Waals surface area (Å²) in [6.07, 6.45) is 1.68. The average molecular weight is 272 g/mol. The largest absolute Gasteiger partial charge is 0.397 e. The summed E-state index contributed by atoms with van der Waals surface area (Å²) >= 11 is 1.35. The predicted octanol–water partition coefficient (Wildman–Crippen LogP) is 2.47. The number of rotatable bonds is 2. The van der Waals surface area contributed by atoms with Crippen molar-refractivity contribution in [2.45, 2.75) is 0 Å². The number of nitrogens with one attached hydrogen (secondary N) is 1. The van der Waals surface area contributed by atoms with Crippen molar-refractivity contribution < 1.29 is 4.79 Å². The summed E-state index contributed by atoms with van der Waals surface area (Å²) in [5, 5.41) is 7.77. The van der Waals surface area contributed by atoms with E-state index in [4.69, 9.17) is 5.73 Å². The zero-order valence-electron chi connectivity index (χ0n) is 10.3. The van der Waals surface area contributed by atoms with Gasteiger partial charge in [0.15, 0.2) is 0 Å². The van der Waals surface area contributed by atoms with Gasteiger partial charge in [0.05, 0.1) is 17.3 Å². The molecule has 3 N–H and O–H groups in total. The van der Waals surface area contributed by atoms with E-state index in [2.05, 4.69) is 10.4 Å². The first-order valence-electron chi connectivity index (χ1n) is 5.73. The highest BCUT2D eigenvalue weighted by molar-refractivity contribution is 7.21. The molecule has 0 saturated heterocycles. The van der Waals surface area contributed by atoms with Crippen LogP contribution in [0.5, 0.6) is 0 Å². The number of anilines is 2. The van der Waals surface area contributed by atoms with Gasteiger partial charge in [0, 0.05) is 12.7 Å². The molecule has 3 rings (SSSR count). The van der Waals surface area contributed by atoms with Gasteiger partial charge in [0.1, 0.15) is 9.71 Å². The molecule has 2 aromatic heterocycles. The Bertz CT molecular complexity index is 745. The summed E-state index contributed by atoms with van der Waals surface area (Å²) < 4.78 is 1.72. The van der Waals surface area contributed by atoms with Crippen LogP contribution in [-0.2, 0) is 7.05 Å². The van der Waals surface area contributed by atoms with Crippen LogP contribution in [0.15, 0.2) is 36.5 Å². The fourth-order valence-electron chi connectivity index (χ4n) is 1.88. The number of carbonyl (C=O) groups excluding carboxylic acids is 1. The molecule has 0 unspecified atom stereocenters. The molecule has 6 heteroatoms. The van der Waals surface area contributed by atoms with E-state index in [-0.39, 0.29) is 5.91 Å². The van der Waals surface area contributed by atoms with Crippen LogP contribution in [0.4, 0.5) is 11.4 Å². The van der Waals surface area contributed by atoms with E-state index in [0.29, 0.717) is 10.6 Å². The summed E-state index contributed by atoms with van der Waals surface area (Å²) in [7, 11) is 1.83. The first kappa shape index (κ1) is 11.7. The van der Waals surface area contributed by atoms with Crippen LogP contribution in [0, 0.1) is 0 Å². The van der Waals surface area contributed by atoms with Gasteiger partial charge >= 0.3 is 0 Å². The number of nitrogen functional groups attached to an aromatic ring is 1. The van der Waals surface area contributed by atoms with Gasteiger partial charge in [-0.2, -0.15) is 5.10 Å². The van der Waals surface area contributed by atoms with E-state index >= 15 is 0 Å². The Hall–Kier alpha value is -2.34. The van der Waals surface area contributed by atoms with Gasteiger partial charge in [-0.3, -0.25) is 9.48 Å². The summed E-state index contributed by atoms with van der Waals surface area (Å²) in [4.78, 5) is 13.6. The minimum Gasteiger partial charge on any atom is -0.397 e. The van der Waals surface area contributed by atoms with Crippen molar-refractivity contribution in [1.82, 2.24) is 9.78 Å². The second-order valence-electron chi connectivity index (χ2n) is 4.15. The molecule has 0 bridgehead atoms. The molecule has 0 fully saturated rings. The molecule has 0 spiro atoms. The molecule has 0 radical (unpaired) electrons. The number of amides is 1. The van der Waals surface area contributed by atoms with Gasteiger partial charge in [-0.05, 0) is 12.1 Å². The molecule has 2 heterocycles. The second-order valence-corrected chi connectivity index (χ2v) is 5.15. The Balaban J connectivity index is 1.96. The molecular formula is C13H12N4OS. The smallest absolute Gasteiger partial charge is 0.267 e. The maximum atomic E-state index is 12.2. The summed E-state index contributed by atoms with van der Waals surface area (Å²) in [6, 6.07) is 9.31. The maximum Gasteiger partial charge on any atom is 0.267 e. The number of nitrogens with zero attached hydrogens (tertiary/aromatic N) is 2. The maximum absolute atomic E-state index is 12.2. The first-order valence-corrected chi connectivity index (χ1v) is 6.55. The van der Waals surface area contributed by atoms with Crippen LogP contribution in [0.2, 0.25) is 0 Å². The van der Waals surface area contributed by atoms with Crippen LogP contribution in [-0.4, -0.2) is 15.7 Å². The highest BCUT2D eigenvalue weighted by Crippen LogP contribution is 2.33. The molecule has 0 saturated carbocycles. The first-order chi connectivity index (χ1) is 9.16. The van der Waals surface area contributed by atoms with Crippen LogP contribution in [0.3, 0.4) is 0 Å². The highest BCUT2D eigenvalue weighted by Gasteiger charge is 2.18. The van der Waals surface area contributed by atoms with Gasteiger partial charge in [0.25, 0.3) is 5.91 Å². The number of nitrogens with two attached hydrogens (primary N) is 1. The van der Waals surface area contributed by atoms with Crippen LogP contribution >= 0.6 is 11.3 Å². The van der Waals surface area contributed by atoms with E-state index in [9.17, 15) is 4.79 Å². The van der Waals surface area contributed by atoms with E-state index in [1.54, 1.807) is 10.9 Å². The van der Waals surface area contributed by atoms with Gasteiger partial charge < -0.3 is 11.1 Å². The summed E-state index contributed by atoms with van der Waals surface area (Å²) in [5.74, 6) is -0.190. The SMILES string of the molecule is Cn1ncc2c(N)c(C(=O)Nc3ccccc3)sc21. The molecule has 0 aliphatic heterocycles. The van der Waals surface area contributed by atoms with Gasteiger partial charge in [-0.15, -0.1) is 11.3 Å². The predicted molar refractivity (Wildman–Crippen MR) is 77.4 cm³/mol.